The van der Waals surface area contributed by atoms with Crippen LogP contribution in [0.2, 0.25) is 0 Å². The van der Waals surface area contributed by atoms with Gasteiger partial charge >= 0.3 is 0 Å². The maximum Gasteiger partial charge on any atom is 0.0612 e. The van der Waals surface area contributed by atoms with E-state index in [4.69, 9.17) is 5.73 Å². The van der Waals surface area contributed by atoms with Crippen molar-refractivity contribution >= 4 is 16.5 Å². The van der Waals surface area contributed by atoms with Crippen LogP contribution < -0.4 is 11.1 Å². The monoisotopic (exact) mass is 277 g/mol. The highest BCUT2D eigenvalue weighted by atomic mass is 14.9. The molecule has 3 aromatic rings. The van der Waals surface area contributed by atoms with Crippen LogP contribution >= 0.6 is 0 Å². The maximum absolute atomic E-state index is 6.12. The highest BCUT2D eigenvalue weighted by Crippen LogP contribution is 2.28. The standard InChI is InChI=1S/C18H19N3/c1-2-21-18(16-12-20-10-9-17(16)19)15-8-7-13-5-3-4-6-14(13)11-15/h3-12,18,21H,2H2,1H3,(H2,19,20). The molecule has 2 aromatic carbocycles. The predicted octanol–water partition coefficient (Wildman–Crippen LogP) is 3.52. The molecule has 1 atom stereocenters. The summed E-state index contributed by atoms with van der Waals surface area (Å²) in [6.45, 7) is 2.96. The third-order valence-electron chi connectivity index (χ3n) is 3.71. The Hall–Kier alpha value is -2.39. The van der Waals surface area contributed by atoms with Crippen molar-refractivity contribution in [1.29, 1.82) is 0 Å². The second-order valence-electron chi connectivity index (χ2n) is 5.10. The fraction of sp³-hybridized carbons (Fsp3) is 0.167. The average Bonchev–Trinajstić information content (AvgIpc) is 2.53. The van der Waals surface area contributed by atoms with Crippen molar-refractivity contribution in [3.8, 4) is 0 Å². The van der Waals surface area contributed by atoms with Gasteiger partial charge < -0.3 is 11.1 Å². The fourth-order valence-corrected chi connectivity index (χ4v) is 2.66. The van der Waals surface area contributed by atoms with Crippen LogP contribution in [0.25, 0.3) is 10.8 Å². The molecule has 3 heteroatoms. The molecule has 0 saturated heterocycles. The maximum atomic E-state index is 6.12. The van der Waals surface area contributed by atoms with Gasteiger partial charge in [0.25, 0.3) is 0 Å². The topological polar surface area (TPSA) is 50.9 Å². The van der Waals surface area contributed by atoms with Crippen molar-refractivity contribution in [3.05, 3.63) is 72.1 Å². The van der Waals surface area contributed by atoms with Crippen molar-refractivity contribution < 1.29 is 0 Å². The summed E-state index contributed by atoms with van der Waals surface area (Å²) in [5.41, 5.74) is 9.12. The molecular formula is C18H19N3. The van der Waals surface area contributed by atoms with Crippen molar-refractivity contribution in [1.82, 2.24) is 10.3 Å². The molecule has 3 nitrogen and oxygen atoms in total. The molecule has 0 radical (unpaired) electrons. The molecule has 1 heterocycles. The molecule has 21 heavy (non-hydrogen) atoms. The van der Waals surface area contributed by atoms with Crippen molar-refractivity contribution in [3.63, 3.8) is 0 Å². The van der Waals surface area contributed by atoms with E-state index in [1.807, 2.05) is 12.3 Å². The van der Waals surface area contributed by atoms with Crippen LogP contribution in [-0.4, -0.2) is 11.5 Å². The van der Waals surface area contributed by atoms with Crippen molar-refractivity contribution in [2.45, 2.75) is 13.0 Å². The second-order valence-corrected chi connectivity index (χ2v) is 5.10. The summed E-state index contributed by atoms with van der Waals surface area (Å²) in [7, 11) is 0. The Balaban J connectivity index is 2.09. The number of nitrogens with two attached hydrogens (primary N) is 1. The predicted molar refractivity (Wildman–Crippen MR) is 88.1 cm³/mol. The normalized spacial score (nSPS) is 12.4. The summed E-state index contributed by atoms with van der Waals surface area (Å²) in [6.07, 6.45) is 3.57. The molecule has 106 valence electrons. The summed E-state index contributed by atoms with van der Waals surface area (Å²) < 4.78 is 0. The Bertz CT molecular complexity index is 752. The van der Waals surface area contributed by atoms with Gasteiger partial charge in [0.15, 0.2) is 0 Å². The lowest BCUT2D eigenvalue weighted by molar-refractivity contribution is 0.631. The van der Waals surface area contributed by atoms with E-state index in [9.17, 15) is 0 Å². The Kier molecular flexibility index (Phi) is 3.84. The number of nitrogens with one attached hydrogen (secondary N) is 1. The molecule has 0 spiro atoms. The minimum absolute atomic E-state index is 0.0632. The lowest BCUT2D eigenvalue weighted by Gasteiger charge is -2.20. The number of nitrogen functional groups attached to an aromatic ring is 1. The number of aromatic nitrogens is 1. The molecule has 0 aliphatic rings. The van der Waals surface area contributed by atoms with Crippen LogP contribution in [-0.2, 0) is 0 Å². The molecular weight excluding hydrogens is 258 g/mol. The zero-order valence-corrected chi connectivity index (χ0v) is 12.1. The number of nitrogens with zero attached hydrogens (tertiary/aromatic N) is 1. The molecule has 0 aliphatic carbocycles. The lowest BCUT2D eigenvalue weighted by atomic mass is 9.96. The minimum Gasteiger partial charge on any atom is -0.398 e. The highest BCUT2D eigenvalue weighted by molar-refractivity contribution is 5.83. The van der Waals surface area contributed by atoms with Crippen LogP contribution in [0.1, 0.15) is 24.1 Å². The number of hydrogen-bond acceptors (Lipinski definition) is 3. The quantitative estimate of drug-likeness (QED) is 0.767. The van der Waals surface area contributed by atoms with E-state index in [-0.39, 0.29) is 6.04 Å². The van der Waals surface area contributed by atoms with Gasteiger partial charge in [-0.15, -0.1) is 0 Å². The van der Waals surface area contributed by atoms with Gasteiger partial charge in [0.2, 0.25) is 0 Å². The number of anilines is 1. The lowest BCUT2D eigenvalue weighted by Crippen LogP contribution is -2.23. The first kappa shape index (κ1) is 13.6. The zero-order chi connectivity index (χ0) is 14.7. The Morgan fingerprint density at radius 1 is 1.10 bits per heavy atom. The van der Waals surface area contributed by atoms with Gasteiger partial charge in [0.1, 0.15) is 0 Å². The van der Waals surface area contributed by atoms with Gasteiger partial charge in [0, 0.05) is 23.6 Å². The molecule has 0 aliphatic heterocycles. The number of pyridine rings is 1. The first-order valence-corrected chi connectivity index (χ1v) is 7.21. The van der Waals surface area contributed by atoms with E-state index < -0.39 is 0 Å². The van der Waals surface area contributed by atoms with E-state index in [0.717, 1.165) is 17.8 Å². The van der Waals surface area contributed by atoms with Crippen LogP contribution in [0, 0.1) is 0 Å². The minimum atomic E-state index is 0.0632. The summed E-state index contributed by atoms with van der Waals surface area (Å²) in [5, 5.41) is 5.98. The Morgan fingerprint density at radius 2 is 1.90 bits per heavy atom. The van der Waals surface area contributed by atoms with Crippen LogP contribution in [0.5, 0.6) is 0 Å². The van der Waals surface area contributed by atoms with E-state index in [1.54, 1.807) is 6.20 Å². The van der Waals surface area contributed by atoms with E-state index >= 15 is 0 Å². The molecule has 1 unspecified atom stereocenters. The molecule has 0 amide bonds. The number of fused-ring (bicyclic) bond motifs is 1. The average molecular weight is 277 g/mol. The molecule has 1 aromatic heterocycles. The van der Waals surface area contributed by atoms with E-state index in [1.165, 1.54) is 16.3 Å². The van der Waals surface area contributed by atoms with Crippen LogP contribution in [0.3, 0.4) is 0 Å². The third kappa shape index (κ3) is 2.73. The van der Waals surface area contributed by atoms with Crippen LogP contribution in [0.4, 0.5) is 5.69 Å². The molecule has 0 bridgehead atoms. The zero-order valence-electron chi connectivity index (χ0n) is 12.1. The summed E-state index contributed by atoms with van der Waals surface area (Å²) in [6, 6.07) is 16.8. The van der Waals surface area contributed by atoms with Gasteiger partial charge in [0.05, 0.1) is 6.04 Å². The summed E-state index contributed by atoms with van der Waals surface area (Å²) in [4.78, 5) is 4.22. The van der Waals surface area contributed by atoms with Crippen LogP contribution in [0.15, 0.2) is 60.9 Å². The largest absolute Gasteiger partial charge is 0.398 e. The van der Waals surface area contributed by atoms with E-state index in [0.29, 0.717) is 0 Å². The number of benzene rings is 2. The van der Waals surface area contributed by atoms with Crippen molar-refractivity contribution in [2.75, 3.05) is 12.3 Å². The smallest absolute Gasteiger partial charge is 0.0612 e. The molecule has 0 fully saturated rings. The van der Waals surface area contributed by atoms with Gasteiger partial charge in [-0.2, -0.15) is 0 Å². The first-order valence-electron chi connectivity index (χ1n) is 7.21. The summed E-state index contributed by atoms with van der Waals surface area (Å²) >= 11 is 0. The molecule has 0 saturated carbocycles. The van der Waals surface area contributed by atoms with Gasteiger partial charge in [-0.05, 0) is 35.0 Å². The van der Waals surface area contributed by atoms with Gasteiger partial charge in [-0.25, -0.2) is 0 Å². The second kappa shape index (κ2) is 5.94. The highest BCUT2D eigenvalue weighted by Gasteiger charge is 2.16. The Morgan fingerprint density at radius 3 is 2.67 bits per heavy atom. The molecule has 3 rings (SSSR count). The van der Waals surface area contributed by atoms with Gasteiger partial charge in [-0.1, -0.05) is 43.3 Å². The first-order chi connectivity index (χ1) is 10.3. The fourth-order valence-electron chi connectivity index (χ4n) is 2.66. The SMILES string of the molecule is CCNC(c1ccc2ccccc2c1)c1cnccc1N. The van der Waals surface area contributed by atoms with Crippen molar-refractivity contribution in [2.24, 2.45) is 0 Å². The number of rotatable bonds is 4. The van der Waals surface area contributed by atoms with Gasteiger partial charge in [-0.3, -0.25) is 4.98 Å². The Labute approximate surface area is 124 Å². The summed E-state index contributed by atoms with van der Waals surface area (Å²) in [5.74, 6) is 0. The molecule has 3 N–H and O–H groups in total. The third-order valence-corrected chi connectivity index (χ3v) is 3.71. The number of hydrogen-bond donors (Lipinski definition) is 2. The van der Waals surface area contributed by atoms with E-state index in [2.05, 4.69) is 59.7 Å².